The molecule has 0 saturated heterocycles. The van der Waals surface area contributed by atoms with Gasteiger partial charge in [-0.2, -0.15) is 0 Å². The average Bonchev–Trinajstić information content (AvgIpc) is 2.70. The molecular weight excluding hydrogens is 388 g/mol. The third kappa shape index (κ3) is 5.52. The Kier molecular flexibility index (Phi) is 6.78. The second kappa shape index (κ2) is 9.48. The van der Waals surface area contributed by atoms with E-state index in [0.717, 1.165) is 5.56 Å². The number of aliphatic carboxylic acids is 1. The summed E-state index contributed by atoms with van der Waals surface area (Å²) in [5.74, 6) is 0.946. The van der Waals surface area contributed by atoms with Gasteiger partial charge in [0.2, 0.25) is 0 Å². The van der Waals surface area contributed by atoms with Crippen molar-refractivity contribution < 1.29 is 19.4 Å². The molecule has 0 aliphatic rings. The van der Waals surface area contributed by atoms with Crippen molar-refractivity contribution in [1.82, 2.24) is 0 Å². The molecule has 3 aromatic carbocycles. The number of carboxylic acids is 1. The van der Waals surface area contributed by atoms with E-state index in [1.807, 2.05) is 62.4 Å². The van der Waals surface area contributed by atoms with Crippen LogP contribution in [-0.4, -0.2) is 17.2 Å². The molecule has 0 bridgehead atoms. The molecule has 0 spiro atoms. The summed E-state index contributed by atoms with van der Waals surface area (Å²) in [7, 11) is 0. The van der Waals surface area contributed by atoms with E-state index >= 15 is 0 Å². The summed E-state index contributed by atoms with van der Waals surface area (Å²) in [6.45, 7) is 4.08. The minimum Gasteiger partial charge on any atom is -0.478 e. The lowest BCUT2D eigenvalue weighted by molar-refractivity contribution is -0.145. The summed E-state index contributed by atoms with van der Waals surface area (Å²) in [5, 5.41) is 10.3. The van der Waals surface area contributed by atoms with Gasteiger partial charge < -0.3 is 14.6 Å². The van der Waals surface area contributed by atoms with Crippen molar-refractivity contribution in [3.63, 3.8) is 0 Å². The maximum Gasteiger partial charge on any atom is 0.345 e. The van der Waals surface area contributed by atoms with Crippen LogP contribution in [0.1, 0.15) is 30.9 Å². The van der Waals surface area contributed by atoms with Gasteiger partial charge in [-0.1, -0.05) is 61.8 Å². The summed E-state index contributed by atoms with van der Waals surface area (Å²) in [4.78, 5) is 11.9. The minimum atomic E-state index is -1.08. The first-order valence-electron chi connectivity index (χ1n) is 9.43. The van der Waals surface area contributed by atoms with Crippen molar-refractivity contribution >= 4 is 17.6 Å². The number of benzene rings is 3. The molecule has 1 N–H and O–H groups in total. The van der Waals surface area contributed by atoms with Crippen LogP contribution in [0.15, 0.2) is 72.8 Å². The van der Waals surface area contributed by atoms with E-state index in [4.69, 9.17) is 21.1 Å². The number of para-hydroxylation sites is 2. The number of hydrogen-bond acceptors (Lipinski definition) is 3. The molecule has 0 aliphatic heterocycles. The molecule has 3 rings (SSSR count). The fourth-order valence-corrected chi connectivity index (χ4v) is 3.21. The molecule has 0 aromatic heterocycles. The van der Waals surface area contributed by atoms with Crippen molar-refractivity contribution in [2.75, 3.05) is 0 Å². The third-order valence-corrected chi connectivity index (χ3v) is 4.72. The van der Waals surface area contributed by atoms with E-state index in [9.17, 15) is 9.90 Å². The Morgan fingerprint density at radius 3 is 2.34 bits per heavy atom. The number of carbonyl (C=O) groups is 1. The molecule has 29 heavy (non-hydrogen) atoms. The Balaban J connectivity index is 1.88. The van der Waals surface area contributed by atoms with Gasteiger partial charge in [0.1, 0.15) is 17.2 Å². The third-order valence-electron chi connectivity index (χ3n) is 4.48. The van der Waals surface area contributed by atoms with E-state index in [2.05, 4.69) is 0 Å². The standard InChI is InChI=1S/C24H23ClO4/c1-16(2)20-10-6-7-11-22(20)29-23(24(26)27)15-17-14-18(25)12-13-21(17)28-19-8-4-3-5-9-19/h3-14,16,23H,15H2,1-2H3,(H,26,27)/t23-/m0/s1. The molecule has 0 aliphatic carbocycles. The molecule has 5 heteroatoms. The zero-order valence-corrected chi connectivity index (χ0v) is 17.1. The highest BCUT2D eigenvalue weighted by Crippen LogP contribution is 2.31. The van der Waals surface area contributed by atoms with Crippen LogP contribution in [0.4, 0.5) is 0 Å². The zero-order chi connectivity index (χ0) is 20.8. The van der Waals surface area contributed by atoms with Gasteiger partial charge in [0.15, 0.2) is 6.10 Å². The minimum absolute atomic E-state index is 0.116. The van der Waals surface area contributed by atoms with E-state index in [-0.39, 0.29) is 12.3 Å². The van der Waals surface area contributed by atoms with Crippen molar-refractivity contribution in [3.8, 4) is 17.2 Å². The first-order valence-corrected chi connectivity index (χ1v) is 9.81. The van der Waals surface area contributed by atoms with E-state index in [0.29, 0.717) is 27.8 Å². The number of ether oxygens (including phenoxy) is 2. The van der Waals surface area contributed by atoms with Crippen LogP contribution in [0.3, 0.4) is 0 Å². The highest BCUT2D eigenvalue weighted by molar-refractivity contribution is 6.30. The van der Waals surface area contributed by atoms with Crippen molar-refractivity contribution in [1.29, 1.82) is 0 Å². The van der Waals surface area contributed by atoms with Gasteiger partial charge in [-0.05, 0) is 47.9 Å². The van der Waals surface area contributed by atoms with Crippen molar-refractivity contribution in [2.45, 2.75) is 32.3 Å². The van der Waals surface area contributed by atoms with Crippen molar-refractivity contribution in [3.05, 3.63) is 88.9 Å². The lowest BCUT2D eigenvalue weighted by Gasteiger charge is -2.20. The first-order chi connectivity index (χ1) is 13.9. The number of rotatable bonds is 8. The summed E-state index contributed by atoms with van der Waals surface area (Å²) < 4.78 is 11.9. The summed E-state index contributed by atoms with van der Waals surface area (Å²) >= 11 is 6.17. The smallest absolute Gasteiger partial charge is 0.345 e. The maximum absolute atomic E-state index is 11.9. The zero-order valence-electron chi connectivity index (χ0n) is 16.3. The molecule has 0 unspecified atom stereocenters. The monoisotopic (exact) mass is 410 g/mol. The Bertz CT molecular complexity index is 970. The summed E-state index contributed by atoms with van der Waals surface area (Å²) in [6, 6.07) is 22.0. The number of halogens is 1. The summed E-state index contributed by atoms with van der Waals surface area (Å²) in [6.07, 6.45) is -0.962. The molecule has 3 aromatic rings. The Morgan fingerprint density at radius 2 is 1.66 bits per heavy atom. The van der Waals surface area contributed by atoms with Crippen LogP contribution in [0.2, 0.25) is 5.02 Å². The SMILES string of the molecule is CC(C)c1ccccc1O[C@@H](Cc1cc(Cl)ccc1Oc1ccccc1)C(=O)O. The fourth-order valence-electron chi connectivity index (χ4n) is 3.02. The van der Waals surface area contributed by atoms with Gasteiger partial charge in [-0.3, -0.25) is 0 Å². The molecule has 4 nitrogen and oxygen atoms in total. The molecule has 0 saturated carbocycles. The predicted octanol–water partition coefficient (Wildman–Crippen LogP) is 6.33. The van der Waals surface area contributed by atoms with Gasteiger partial charge in [-0.15, -0.1) is 0 Å². The molecule has 150 valence electrons. The van der Waals surface area contributed by atoms with Crippen LogP contribution >= 0.6 is 11.6 Å². The maximum atomic E-state index is 11.9. The second-order valence-electron chi connectivity index (χ2n) is 7.01. The lowest BCUT2D eigenvalue weighted by atomic mass is 10.0. The lowest BCUT2D eigenvalue weighted by Crippen LogP contribution is -2.30. The Morgan fingerprint density at radius 1 is 0.966 bits per heavy atom. The van der Waals surface area contributed by atoms with Crippen LogP contribution in [0.5, 0.6) is 17.2 Å². The van der Waals surface area contributed by atoms with Gasteiger partial charge in [0.25, 0.3) is 0 Å². The van der Waals surface area contributed by atoms with Gasteiger partial charge >= 0.3 is 5.97 Å². The van der Waals surface area contributed by atoms with E-state index in [1.165, 1.54) is 0 Å². The largest absolute Gasteiger partial charge is 0.478 e. The quantitative estimate of drug-likeness (QED) is 0.471. The predicted molar refractivity (Wildman–Crippen MR) is 114 cm³/mol. The van der Waals surface area contributed by atoms with Crippen LogP contribution in [-0.2, 0) is 11.2 Å². The van der Waals surface area contributed by atoms with E-state index in [1.54, 1.807) is 24.3 Å². The fraction of sp³-hybridized carbons (Fsp3) is 0.208. The van der Waals surface area contributed by atoms with Crippen LogP contribution in [0.25, 0.3) is 0 Å². The normalized spacial score (nSPS) is 11.9. The van der Waals surface area contributed by atoms with Gasteiger partial charge in [0.05, 0.1) is 0 Å². The number of hydrogen-bond donors (Lipinski definition) is 1. The molecule has 0 radical (unpaired) electrons. The van der Waals surface area contributed by atoms with Crippen LogP contribution in [0, 0.1) is 0 Å². The molecule has 0 fully saturated rings. The topological polar surface area (TPSA) is 55.8 Å². The molecule has 0 amide bonds. The van der Waals surface area contributed by atoms with Gasteiger partial charge in [0, 0.05) is 17.0 Å². The van der Waals surface area contributed by atoms with E-state index < -0.39 is 12.1 Å². The highest BCUT2D eigenvalue weighted by atomic mass is 35.5. The summed E-state index contributed by atoms with van der Waals surface area (Å²) in [5.41, 5.74) is 1.63. The van der Waals surface area contributed by atoms with Gasteiger partial charge in [-0.25, -0.2) is 4.79 Å². The molecule has 0 heterocycles. The van der Waals surface area contributed by atoms with Crippen LogP contribution < -0.4 is 9.47 Å². The second-order valence-corrected chi connectivity index (χ2v) is 7.44. The Hall–Kier alpha value is -2.98. The molecular formula is C24H23ClO4. The van der Waals surface area contributed by atoms with Crippen molar-refractivity contribution in [2.24, 2.45) is 0 Å². The highest BCUT2D eigenvalue weighted by Gasteiger charge is 2.24. The first kappa shape index (κ1) is 20.7. The Labute approximate surface area is 175 Å². The number of carboxylic acid groups (broad SMARTS) is 1. The molecule has 1 atom stereocenters. The average molecular weight is 411 g/mol.